The quantitative estimate of drug-likeness (QED) is 0.630. The van der Waals surface area contributed by atoms with Gasteiger partial charge in [-0.2, -0.15) is 4.37 Å². The Bertz CT molecular complexity index is 1040. The van der Waals surface area contributed by atoms with E-state index >= 15 is 0 Å². The minimum absolute atomic E-state index is 0.144. The molecule has 9 heteroatoms. The molecular formula is C18H19N3O4S2. The van der Waals surface area contributed by atoms with Gasteiger partial charge in [0.25, 0.3) is 5.91 Å². The average Bonchev–Trinajstić information content (AvgIpc) is 3.07. The summed E-state index contributed by atoms with van der Waals surface area (Å²) >= 11 is 1.39. The lowest BCUT2D eigenvalue weighted by molar-refractivity contribution is -0.118. The molecule has 0 radical (unpaired) electrons. The molecule has 0 aliphatic carbocycles. The molecule has 0 unspecified atom stereocenters. The number of carbonyl (C=O) groups excluding carboxylic acids is 1. The Hall–Kier alpha value is -2.49. The van der Waals surface area contributed by atoms with Gasteiger partial charge in [-0.05, 0) is 67.8 Å². The van der Waals surface area contributed by atoms with Gasteiger partial charge in [0.15, 0.2) is 6.61 Å². The number of amides is 1. The van der Waals surface area contributed by atoms with Crippen molar-refractivity contribution >= 4 is 43.2 Å². The van der Waals surface area contributed by atoms with Crippen LogP contribution in [0.25, 0.3) is 10.1 Å². The summed E-state index contributed by atoms with van der Waals surface area (Å²) in [5, 5.41) is 3.72. The molecule has 142 valence electrons. The molecule has 0 saturated carbocycles. The van der Waals surface area contributed by atoms with E-state index in [-0.39, 0.29) is 23.5 Å². The molecule has 1 aromatic heterocycles. The summed E-state index contributed by atoms with van der Waals surface area (Å²) in [5.41, 5.74) is 0.664. The Labute approximate surface area is 161 Å². The second kappa shape index (κ2) is 8.03. The average molecular weight is 406 g/mol. The highest BCUT2D eigenvalue weighted by Gasteiger charge is 2.15. The van der Waals surface area contributed by atoms with Gasteiger partial charge in [0.1, 0.15) is 5.75 Å². The highest BCUT2D eigenvalue weighted by atomic mass is 32.2. The highest BCUT2D eigenvalue weighted by Crippen LogP contribution is 2.22. The van der Waals surface area contributed by atoms with Crippen molar-refractivity contribution in [1.29, 1.82) is 0 Å². The minimum atomic E-state index is -3.55. The van der Waals surface area contributed by atoms with Crippen LogP contribution in [-0.2, 0) is 14.8 Å². The van der Waals surface area contributed by atoms with Crippen LogP contribution >= 0.6 is 11.5 Å². The summed E-state index contributed by atoms with van der Waals surface area (Å²) in [6.07, 6.45) is 1.75. The molecule has 0 aliphatic rings. The number of anilines is 1. The van der Waals surface area contributed by atoms with E-state index in [4.69, 9.17) is 4.74 Å². The van der Waals surface area contributed by atoms with Crippen molar-refractivity contribution in [3.05, 3.63) is 48.7 Å². The van der Waals surface area contributed by atoms with Gasteiger partial charge in [-0.15, -0.1) is 0 Å². The maximum Gasteiger partial charge on any atom is 0.262 e. The number of nitrogens with one attached hydrogen (secondary N) is 2. The standard InChI is InChI=1S/C18H19N3O4S2/c1-12(2)21-27(23,24)16-6-4-15(5-7-16)25-11-18(22)20-14-3-8-17-13(9-14)10-19-26-17/h3-10,12,21H,11H2,1-2H3,(H,20,22). The number of rotatable bonds is 7. The van der Waals surface area contributed by atoms with Gasteiger partial charge in [-0.1, -0.05) is 0 Å². The first kappa shape index (κ1) is 19.3. The topological polar surface area (TPSA) is 97.4 Å². The van der Waals surface area contributed by atoms with Crippen LogP contribution in [0.4, 0.5) is 5.69 Å². The van der Waals surface area contributed by atoms with Crippen LogP contribution in [0.3, 0.4) is 0 Å². The van der Waals surface area contributed by atoms with Crippen LogP contribution in [0.5, 0.6) is 5.75 Å². The molecule has 7 nitrogen and oxygen atoms in total. The Morgan fingerprint density at radius 1 is 1.19 bits per heavy atom. The zero-order chi connectivity index (χ0) is 19.4. The minimum Gasteiger partial charge on any atom is -0.484 e. The number of benzene rings is 2. The Morgan fingerprint density at radius 2 is 1.93 bits per heavy atom. The van der Waals surface area contributed by atoms with E-state index in [1.807, 2.05) is 12.1 Å². The maximum atomic E-state index is 12.1. The molecule has 1 amide bonds. The Morgan fingerprint density at radius 3 is 2.63 bits per heavy atom. The van der Waals surface area contributed by atoms with Gasteiger partial charge in [0.2, 0.25) is 10.0 Å². The van der Waals surface area contributed by atoms with Crippen molar-refractivity contribution in [2.75, 3.05) is 11.9 Å². The summed E-state index contributed by atoms with van der Waals surface area (Å²) in [6, 6.07) is 11.3. The van der Waals surface area contributed by atoms with Crippen LogP contribution < -0.4 is 14.8 Å². The number of fused-ring (bicyclic) bond motifs is 1. The van der Waals surface area contributed by atoms with Gasteiger partial charge < -0.3 is 10.1 Å². The summed E-state index contributed by atoms with van der Waals surface area (Å²) in [5.74, 6) is 0.0989. The number of hydrogen-bond donors (Lipinski definition) is 2. The van der Waals surface area contributed by atoms with Crippen LogP contribution in [-0.4, -0.2) is 31.3 Å². The number of carbonyl (C=O) groups is 1. The third kappa shape index (κ3) is 5.03. The lowest BCUT2D eigenvalue weighted by Crippen LogP contribution is -2.30. The molecule has 2 N–H and O–H groups in total. The molecular weight excluding hydrogens is 386 g/mol. The van der Waals surface area contributed by atoms with Gasteiger partial charge in [-0.25, -0.2) is 13.1 Å². The third-order valence-electron chi connectivity index (χ3n) is 3.53. The predicted molar refractivity (Wildman–Crippen MR) is 106 cm³/mol. The van der Waals surface area contributed by atoms with E-state index in [1.165, 1.54) is 35.8 Å². The second-order valence-electron chi connectivity index (χ2n) is 6.16. The zero-order valence-electron chi connectivity index (χ0n) is 14.8. The van der Waals surface area contributed by atoms with Crippen LogP contribution in [0, 0.1) is 0 Å². The fourth-order valence-corrected chi connectivity index (χ4v) is 4.27. The van der Waals surface area contributed by atoms with E-state index in [1.54, 1.807) is 26.1 Å². The number of hydrogen-bond acceptors (Lipinski definition) is 6. The first-order valence-corrected chi connectivity index (χ1v) is 10.5. The van der Waals surface area contributed by atoms with Crippen LogP contribution in [0.15, 0.2) is 53.6 Å². The smallest absolute Gasteiger partial charge is 0.262 e. The lowest BCUT2D eigenvalue weighted by atomic mass is 10.2. The number of ether oxygens (including phenoxy) is 1. The molecule has 1 heterocycles. The molecule has 27 heavy (non-hydrogen) atoms. The van der Waals surface area contributed by atoms with Crippen molar-refractivity contribution in [3.8, 4) is 5.75 Å². The first-order valence-electron chi connectivity index (χ1n) is 8.23. The largest absolute Gasteiger partial charge is 0.484 e. The van der Waals surface area contributed by atoms with Crippen molar-refractivity contribution in [2.24, 2.45) is 0 Å². The van der Waals surface area contributed by atoms with Crippen molar-refractivity contribution in [2.45, 2.75) is 24.8 Å². The molecule has 3 aromatic rings. The number of sulfonamides is 1. The molecule has 0 aliphatic heterocycles. The molecule has 2 aromatic carbocycles. The number of aromatic nitrogens is 1. The molecule has 0 fully saturated rings. The summed E-state index contributed by atoms with van der Waals surface area (Å²) in [6.45, 7) is 3.32. The summed E-state index contributed by atoms with van der Waals surface area (Å²) in [7, 11) is -3.55. The zero-order valence-corrected chi connectivity index (χ0v) is 16.4. The lowest BCUT2D eigenvalue weighted by Gasteiger charge is -2.11. The Balaban J connectivity index is 1.57. The summed E-state index contributed by atoms with van der Waals surface area (Å²) in [4.78, 5) is 12.2. The second-order valence-corrected chi connectivity index (χ2v) is 8.71. The predicted octanol–water partition coefficient (Wildman–Crippen LogP) is 3.00. The van der Waals surface area contributed by atoms with E-state index in [2.05, 4.69) is 14.4 Å². The van der Waals surface area contributed by atoms with E-state index in [9.17, 15) is 13.2 Å². The van der Waals surface area contributed by atoms with Crippen LogP contribution in [0.1, 0.15) is 13.8 Å². The van der Waals surface area contributed by atoms with Crippen molar-refractivity contribution in [1.82, 2.24) is 9.10 Å². The van der Waals surface area contributed by atoms with E-state index < -0.39 is 10.0 Å². The fraction of sp³-hybridized carbons (Fsp3) is 0.222. The molecule has 0 atom stereocenters. The SMILES string of the molecule is CC(C)NS(=O)(=O)c1ccc(OCC(=O)Nc2ccc3sncc3c2)cc1. The molecule has 0 saturated heterocycles. The highest BCUT2D eigenvalue weighted by molar-refractivity contribution is 7.89. The Kier molecular flexibility index (Phi) is 5.73. The van der Waals surface area contributed by atoms with Gasteiger partial charge in [0.05, 0.1) is 9.60 Å². The van der Waals surface area contributed by atoms with E-state index in [0.717, 1.165) is 10.1 Å². The number of nitrogens with zero attached hydrogens (tertiary/aromatic N) is 1. The summed E-state index contributed by atoms with van der Waals surface area (Å²) < 4.78 is 37.2. The van der Waals surface area contributed by atoms with Crippen molar-refractivity contribution in [3.63, 3.8) is 0 Å². The molecule has 3 rings (SSSR count). The normalized spacial score (nSPS) is 11.7. The first-order chi connectivity index (χ1) is 12.8. The monoisotopic (exact) mass is 405 g/mol. The third-order valence-corrected chi connectivity index (χ3v) is 5.98. The maximum absolute atomic E-state index is 12.1. The fourth-order valence-electron chi connectivity index (χ4n) is 2.39. The van der Waals surface area contributed by atoms with Gasteiger partial charge in [-0.3, -0.25) is 4.79 Å². The van der Waals surface area contributed by atoms with E-state index in [0.29, 0.717) is 11.4 Å². The van der Waals surface area contributed by atoms with Gasteiger partial charge in [0, 0.05) is 23.3 Å². The molecule has 0 spiro atoms. The van der Waals surface area contributed by atoms with Crippen molar-refractivity contribution < 1.29 is 17.9 Å². The molecule has 0 bridgehead atoms. The van der Waals surface area contributed by atoms with Gasteiger partial charge >= 0.3 is 0 Å². The van der Waals surface area contributed by atoms with Crippen LogP contribution in [0.2, 0.25) is 0 Å².